The molecule has 0 aliphatic heterocycles. The van der Waals surface area contributed by atoms with Gasteiger partial charge in [0.1, 0.15) is 0 Å². The molecule has 0 saturated carbocycles. The lowest BCUT2D eigenvalue weighted by Crippen LogP contribution is -2.36. The van der Waals surface area contributed by atoms with Crippen molar-refractivity contribution in [2.45, 2.75) is 13.8 Å². The fourth-order valence-corrected chi connectivity index (χ4v) is 1.69. The molecule has 0 spiro atoms. The minimum atomic E-state index is -0.349. The highest BCUT2D eigenvalue weighted by molar-refractivity contribution is 6.35. The Balaban J connectivity index is 2.70. The van der Waals surface area contributed by atoms with Crippen molar-refractivity contribution in [1.29, 1.82) is 0 Å². The number of hydrogen-bond acceptors (Lipinski definition) is 2. The van der Waals surface area contributed by atoms with E-state index in [1.54, 1.807) is 18.2 Å². The number of nitrogens with one attached hydrogen (secondary N) is 1. The first kappa shape index (κ1) is 14.3. The number of benzene rings is 1. The first-order chi connectivity index (χ1) is 7.84. The lowest BCUT2D eigenvalue weighted by atomic mass is 9.95. The molecule has 0 aliphatic carbocycles. The molecule has 0 aromatic heterocycles. The quantitative estimate of drug-likeness (QED) is 0.888. The molecule has 1 amide bonds. The van der Waals surface area contributed by atoms with E-state index in [-0.39, 0.29) is 17.9 Å². The maximum absolute atomic E-state index is 11.8. The molecule has 94 valence electrons. The number of hydrogen-bond donors (Lipinski definition) is 2. The van der Waals surface area contributed by atoms with Crippen molar-refractivity contribution in [3.05, 3.63) is 33.8 Å². The molecule has 5 heteroatoms. The van der Waals surface area contributed by atoms with Gasteiger partial charge in [0.2, 0.25) is 0 Å². The van der Waals surface area contributed by atoms with E-state index in [1.165, 1.54) is 0 Å². The summed E-state index contributed by atoms with van der Waals surface area (Å²) in [6.07, 6.45) is 0. The standard InChI is InChI=1S/C12H15Cl2NO2/c1-12(2,7-16)6-15-11(17)8-3-9(13)5-10(14)4-8/h3-5,16H,6-7H2,1-2H3,(H,15,17). The van der Waals surface area contributed by atoms with Crippen LogP contribution in [0.15, 0.2) is 18.2 Å². The molecule has 3 nitrogen and oxygen atoms in total. The van der Waals surface area contributed by atoms with Crippen molar-refractivity contribution in [2.24, 2.45) is 5.41 Å². The topological polar surface area (TPSA) is 49.3 Å². The second kappa shape index (κ2) is 5.71. The van der Waals surface area contributed by atoms with E-state index < -0.39 is 0 Å². The predicted molar refractivity (Wildman–Crippen MR) is 69.7 cm³/mol. The Labute approximate surface area is 111 Å². The number of carbonyl (C=O) groups excluding carboxylic acids is 1. The first-order valence-electron chi connectivity index (χ1n) is 5.19. The Hall–Kier alpha value is -0.770. The van der Waals surface area contributed by atoms with Crippen LogP contribution in [-0.4, -0.2) is 24.2 Å². The fraction of sp³-hybridized carbons (Fsp3) is 0.417. The van der Waals surface area contributed by atoms with Crippen LogP contribution in [0.1, 0.15) is 24.2 Å². The largest absolute Gasteiger partial charge is 0.396 e. The zero-order valence-corrected chi connectivity index (χ0v) is 11.3. The van der Waals surface area contributed by atoms with Gasteiger partial charge in [-0.3, -0.25) is 4.79 Å². The molecule has 0 radical (unpaired) electrons. The van der Waals surface area contributed by atoms with Crippen LogP contribution in [0.5, 0.6) is 0 Å². The van der Waals surface area contributed by atoms with E-state index in [1.807, 2.05) is 13.8 Å². The smallest absolute Gasteiger partial charge is 0.251 e. The molecular weight excluding hydrogens is 261 g/mol. The van der Waals surface area contributed by atoms with Crippen LogP contribution in [0, 0.1) is 5.41 Å². The Morgan fingerprint density at radius 3 is 2.29 bits per heavy atom. The Morgan fingerprint density at radius 2 is 1.82 bits per heavy atom. The second-order valence-electron chi connectivity index (χ2n) is 4.66. The molecule has 2 N–H and O–H groups in total. The van der Waals surface area contributed by atoms with Crippen molar-refractivity contribution in [2.75, 3.05) is 13.2 Å². The summed E-state index contributed by atoms with van der Waals surface area (Å²) >= 11 is 11.6. The highest BCUT2D eigenvalue weighted by Crippen LogP contribution is 2.19. The highest BCUT2D eigenvalue weighted by atomic mass is 35.5. The fourth-order valence-electron chi connectivity index (χ4n) is 1.16. The van der Waals surface area contributed by atoms with Crippen molar-refractivity contribution in [1.82, 2.24) is 5.32 Å². The van der Waals surface area contributed by atoms with Gasteiger partial charge < -0.3 is 10.4 Å². The Kier molecular flexibility index (Phi) is 4.80. The number of carbonyl (C=O) groups is 1. The minimum absolute atomic E-state index is 0.00355. The van der Waals surface area contributed by atoms with Gasteiger partial charge in [0.15, 0.2) is 0 Å². The van der Waals surface area contributed by atoms with Gasteiger partial charge in [-0.25, -0.2) is 0 Å². The number of aliphatic hydroxyl groups is 1. The van der Waals surface area contributed by atoms with E-state index in [4.69, 9.17) is 28.3 Å². The Bertz CT molecular complexity index is 399. The van der Waals surface area contributed by atoms with Crippen LogP contribution in [0.3, 0.4) is 0 Å². The zero-order valence-electron chi connectivity index (χ0n) is 9.76. The van der Waals surface area contributed by atoms with Gasteiger partial charge in [0.25, 0.3) is 5.91 Å². The molecule has 17 heavy (non-hydrogen) atoms. The molecule has 0 bridgehead atoms. The van der Waals surface area contributed by atoms with Crippen LogP contribution in [0.25, 0.3) is 0 Å². The lowest BCUT2D eigenvalue weighted by Gasteiger charge is -2.21. The summed E-state index contributed by atoms with van der Waals surface area (Å²) < 4.78 is 0. The SMILES string of the molecule is CC(C)(CO)CNC(=O)c1cc(Cl)cc(Cl)c1. The molecule has 0 saturated heterocycles. The Morgan fingerprint density at radius 1 is 1.29 bits per heavy atom. The molecule has 1 aromatic rings. The monoisotopic (exact) mass is 275 g/mol. The van der Waals surface area contributed by atoms with E-state index in [0.717, 1.165) is 0 Å². The maximum atomic E-state index is 11.8. The summed E-state index contributed by atoms with van der Waals surface area (Å²) in [5.41, 5.74) is 0.0640. The molecule has 1 rings (SSSR count). The summed E-state index contributed by atoms with van der Waals surface area (Å²) in [7, 11) is 0. The van der Waals surface area contributed by atoms with Gasteiger partial charge >= 0.3 is 0 Å². The van der Waals surface area contributed by atoms with Gasteiger partial charge in [0.05, 0.1) is 0 Å². The lowest BCUT2D eigenvalue weighted by molar-refractivity contribution is 0.0911. The molecule has 0 aliphatic rings. The average Bonchev–Trinajstić information content (AvgIpc) is 2.24. The third-order valence-corrected chi connectivity index (χ3v) is 2.72. The third kappa shape index (κ3) is 4.54. The molecule has 0 unspecified atom stereocenters. The van der Waals surface area contributed by atoms with E-state index in [0.29, 0.717) is 22.2 Å². The van der Waals surface area contributed by atoms with Gasteiger partial charge in [-0.2, -0.15) is 0 Å². The van der Waals surface area contributed by atoms with Crippen molar-refractivity contribution >= 4 is 29.1 Å². The van der Waals surface area contributed by atoms with Crippen LogP contribution in [0.4, 0.5) is 0 Å². The first-order valence-corrected chi connectivity index (χ1v) is 5.95. The van der Waals surface area contributed by atoms with Crippen LogP contribution < -0.4 is 5.32 Å². The summed E-state index contributed by atoms with van der Waals surface area (Å²) in [6, 6.07) is 4.67. The predicted octanol–water partition coefficient (Wildman–Crippen LogP) is 2.74. The van der Waals surface area contributed by atoms with Gasteiger partial charge in [-0.15, -0.1) is 0 Å². The van der Waals surface area contributed by atoms with Crippen molar-refractivity contribution in [3.8, 4) is 0 Å². The van der Waals surface area contributed by atoms with Crippen LogP contribution in [-0.2, 0) is 0 Å². The van der Waals surface area contributed by atoms with Crippen LogP contribution >= 0.6 is 23.2 Å². The second-order valence-corrected chi connectivity index (χ2v) is 5.54. The number of amides is 1. The van der Waals surface area contributed by atoms with Gasteiger partial charge in [-0.05, 0) is 18.2 Å². The van der Waals surface area contributed by atoms with E-state index in [2.05, 4.69) is 5.32 Å². The van der Waals surface area contributed by atoms with Crippen molar-refractivity contribution < 1.29 is 9.90 Å². The zero-order chi connectivity index (χ0) is 13.1. The molecule has 0 heterocycles. The van der Waals surface area contributed by atoms with E-state index in [9.17, 15) is 4.79 Å². The minimum Gasteiger partial charge on any atom is -0.396 e. The maximum Gasteiger partial charge on any atom is 0.251 e. The highest BCUT2D eigenvalue weighted by Gasteiger charge is 2.18. The number of aliphatic hydroxyl groups excluding tert-OH is 1. The van der Waals surface area contributed by atoms with Gasteiger partial charge in [-0.1, -0.05) is 37.0 Å². The summed E-state index contributed by atoms with van der Waals surface area (Å²) in [4.78, 5) is 11.8. The normalized spacial score (nSPS) is 11.4. The number of rotatable bonds is 4. The average molecular weight is 276 g/mol. The van der Waals surface area contributed by atoms with Crippen molar-refractivity contribution in [3.63, 3.8) is 0 Å². The molecule has 0 fully saturated rings. The van der Waals surface area contributed by atoms with E-state index >= 15 is 0 Å². The number of halogens is 2. The molecular formula is C12H15Cl2NO2. The van der Waals surface area contributed by atoms with Gasteiger partial charge in [0, 0.05) is 34.2 Å². The summed E-state index contributed by atoms with van der Waals surface area (Å²) in [6.45, 7) is 4.10. The summed E-state index contributed by atoms with van der Waals surface area (Å²) in [5, 5.41) is 12.6. The molecule has 1 aromatic carbocycles. The summed E-state index contributed by atoms with van der Waals surface area (Å²) in [5.74, 6) is -0.254. The third-order valence-electron chi connectivity index (χ3n) is 2.28. The molecule has 0 atom stereocenters. The van der Waals surface area contributed by atoms with Crippen LogP contribution in [0.2, 0.25) is 10.0 Å².